The fourth-order valence-electron chi connectivity index (χ4n) is 4.18. The molecule has 0 bridgehead atoms. The molecule has 4 nitrogen and oxygen atoms in total. The van der Waals surface area contributed by atoms with Gasteiger partial charge in [0.15, 0.2) is 0 Å². The molecule has 1 aliphatic heterocycles. The minimum Gasteiger partial charge on any atom is -0.302 e. The summed E-state index contributed by atoms with van der Waals surface area (Å²) in [5, 5.41) is 0. The van der Waals surface area contributed by atoms with Crippen molar-refractivity contribution in [2.24, 2.45) is 5.92 Å². The Labute approximate surface area is 171 Å². The van der Waals surface area contributed by atoms with Crippen LogP contribution in [0.5, 0.6) is 0 Å². The van der Waals surface area contributed by atoms with E-state index in [0.717, 1.165) is 19.1 Å². The molecule has 1 heterocycles. The van der Waals surface area contributed by atoms with E-state index in [1.165, 1.54) is 62.1 Å². The first-order chi connectivity index (χ1) is 13.6. The van der Waals surface area contributed by atoms with E-state index in [1.807, 2.05) is 0 Å². The van der Waals surface area contributed by atoms with E-state index >= 15 is 0 Å². The largest absolute Gasteiger partial charge is 0.302 e. The summed E-state index contributed by atoms with van der Waals surface area (Å²) in [6, 6.07) is 7.94. The highest BCUT2D eigenvalue weighted by Gasteiger charge is 2.39. The Balaban J connectivity index is 1.69. The zero-order valence-corrected chi connectivity index (χ0v) is 18.2. The number of carbonyl (C=O) groups is 1. The molecular formula is C23H37NO3S. The number of rotatable bonds is 14. The fourth-order valence-corrected chi connectivity index (χ4v) is 5.85. The van der Waals surface area contributed by atoms with Crippen molar-refractivity contribution >= 4 is 16.3 Å². The lowest BCUT2D eigenvalue weighted by Gasteiger charge is -2.20. The molecule has 28 heavy (non-hydrogen) atoms. The molecule has 1 aliphatic rings. The van der Waals surface area contributed by atoms with Crippen LogP contribution in [-0.4, -0.2) is 31.6 Å². The van der Waals surface area contributed by atoms with Crippen molar-refractivity contribution in [2.75, 3.05) is 6.54 Å². The van der Waals surface area contributed by atoms with Gasteiger partial charge in [0.25, 0.3) is 0 Å². The topological polar surface area (TPSA) is 54.5 Å². The summed E-state index contributed by atoms with van der Waals surface area (Å²) >= 11 is 0. The van der Waals surface area contributed by atoms with Crippen molar-refractivity contribution in [3.8, 4) is 0 Å². The Morgan fingerprint density at radius 1 is 0.929 bits per heavy atom. The van der Waals surface area contributed by atoms with Gasteiger partial charge in [-0.15, -0.1) is 0 Å². The summed E-state index contributed by atoms with van der Waals surface area (Å²) in [4.78, 5) is 11.8. The van der Waals surface area contributed by atoms with Gasteiger partial charge in [0.1, 0.15) is 6.29 Å². The molecule has 0 aliphatic carbocycles. The number of benzene rings is 1. The van der Waals surface area contributed by atoms with Crippen LogP contribution in [0.25, 0.3) is 0 Å². The highest BCUT2D eigenvalue weighted by molar-refractivity contribution is 7.89. The van der Waals surface area contributed by atoms with Gasteiger partial charge in [-0.1, -0.05) is 89.3 Å². The number of nitrogens with zero attached hydrogens (tertiary/aromatic N) is 1. The maximum absolute atomic E-state index is 12.9. The van der Waals surface area contributed by atoms with Crippen LogP contribution in [0.4, 0.5) is 0 Å². The van der Waals surface area contributed by atoms with Crippen LogP contribution in [-0.2, 0) is 14.8 Å². The van der Waals surface area contributed by atoms with Gasteiger partial charge in [-0.05, 0) is 30.9 Å². The summed E-state index contributed by atoms with van der Waals surface area (Å²) in [5.41, 5.74) is 0. The van der Waals surface area contributed by atoms with Crippen LogP contribution in [0.15, 0.2) is 35.2 Å². The monoisotopic (exact) mass is 407 g/mol. The van der Waals surface area contributed by atoms with E-state index in [4.69, 9.17) is 0 Å². The van der Waals surface area contributed by atoms with Gasteiger partial charge in [0, 0.05) is 6.54 Å². The van der Waals surface area contributed by atoms with Gasteiger partial charge in [-0.2, -0.15) is 4.31 Å². The molecule has 0 unspecified atom stereocenters. The number of unbranched alkanes of at least 4 members (excludes halogenated alkanes) is 9. The van der Waals surface area contributed by atoms with Crippen LogP contribution in [0, 0.1) is 5.92 Å². The summed E-state index contributed by atoms with van der Waals surface area (Å²) in [6.45, 7) is 2.72. The standard InChI is InChI=1S/C23H37NO3S/c1-2-3-4-5-6-7-8-9-10-12-15-21-18-22(20-25)24(19-21)28(26,27)23-16-13-11-14-17-23/h11,13-14,16-17,20-22H,2-10,12,15,18-19H2,1H3/t21-,22+/m0/s1. The first-order valence-electron chi connectivity index (χ1n) is 11.1. The second kappa shape index (κ2) is 12.4. The Bertz CT molecular complexity index is 660. The molecule has 0 saturated carbocycles. The van der Waals surface area contributed by atoms with Crippen LogP contribution in [0.2, 0.25) is 0 Å². The van der Waals surface area contributed by atoms with Crippen molar-refractivity contribution in [3.63, 3.8) is 0 Å². The van der Waals surface area contributed by atoms with Crippen LogP contribution in [0.3, 0.4) is 0 Å². The quantitative estimate of drug-likeness (QED) is 0.299. The Kier molecular flexibility index (Phi) is 10.2. The Hall–Kier alpha value is -1.20. The van der Waals surface area contributed by atoms with Gasteiger partial charge in [0.2, 0.25) is 10.0 Å². The average Bonchev–Trinajstić information content (AvgIpc) is 3.14. The van der Waals surface area contributed by atoms with E-state index in [-0.39, 0.29) is 4.90 Å². The van der Waals surface area contributed by atoms with Gasteiger partial charge in [0.05, 0.1) is 10.9 Å². The maximum atomic E-state index is 12.9. The van der Waals surface area contributed by atoms with Crippen molar-refractivity contribution in [2.45, 2.75) is 94.9 Å². The molecular weight excluding hydrogens is 370 g/mol. The van der Waals surface area contributed by atoms with Crippen molar-refractivity contribution in [1.29, 1.82) is 0 Å². The summed E-state index contributed by atoms with van der Waals surface area (Å²) in [5.74, 6) is 0.294. The molecule has 1 aromatic rings. The Morgan fingerprint density at radius 3 is 2.07 bits per heavy atom. The number of carbonyl (C=O) groups excluding carboxylic acids is 1. The lowest BCUT2D eigenvalue weighted by atomic mass is 9.97. The molecule has 0 spiro atoms. The van der Waals surface area contributed by atoms with Crippen molar-refractivity contribution in [1.82, 2.24) is 4.31 Å². The fraction of sp³-hybridized carbons (Fsp3) is 0.696. The molecule has 158 valence electrons. The number of aldehydes is 1. The van der Waals surface area contributed by atoms with Crippen LogP contribution >= 0.6 is 0 Å². The highest BCUT2D eigenvalue weighted by atomic mass is 32.2. The summed E-state index contributed by atoms with van der Waals surface area (Å²) < 4.78 is 27.1. The van der Waals surface area contributed by atoms with Crippen LogP contribution in [0.1, 0.15) is 84.0 Å². The van der Waals surface area contributed by atoms with Gasteiger partial charge in [-0.3, -0.25) is 0 Å². The van der Waals surface area contributed by atoms with Gasteiger partial charge in [-0.25, -0.2) is 8.42 Å². The van der Waals surface area contributed by atoms with E-state index in [0.29, 0.717) is 18.9 Å². The molecule has 1 aromatic carbocycles. The molecule has 1 fully saturated rings. The second-order valence-corrected chi connectivity index (χ2v) is 10.1. The normalized spacial score (nSPS) is 20.5. The predicted octanol–water partition coefficient (Wildman–Crippen LogP) is 5.58. The zero-order valence-electron chi connectivity index (χ0n) is 17.4. The highest BCUT2D eigenvalue weighted by Crippen LogP contribution is 2.31. The van der Waals surface area contributed by atoms with Crippen molar-refractivity contribution < 1.29 is 13.2 Å². The van der Waals surface area contributed by atoms with E-state index in [1.54, 1.807) is 30.3 Å². The van der Waals surface area contributed by atoms with Crippen molar-refractivity contribution in [3.05, 3.63) is 30.3 Å². The molecule has 5 heteroatoms. The van der Waals surface area contributed by atoms with E-state index < -0.39 is 16.1 Å². The van der Waals surface area contributed by atoms with E-state index in [2.05, 4.69) is 6.92 Å². The van der Waals surface area contributed by atoms with Gasteiger partial charge < -0.3 is 4.79 Å². The lowest BCUT2D eigenvalue weighted by Crippen LogP contribution is -2.36. The number of sulfonamides is 1. The molecule has 2 atom stereocenters. The zero-order chi connectivity index (χ0) is 20.2. The average molecular weight is 408 g/mol. The molecule has 2 rings (SSSR count). The molecule has 0 amide bonds. The molecule has 0 radical (unpaired) electrons. The van der Waals surface area contributed by atoms with Gasteiger partial charge >= 0.3 is 0 Å². The van der Waals surface area contributed by atoms with E-state index in [9.17, 15) is 13.2 Å². The SMILES string of the molecule is CCCCCCCCCCCC[C@H]1C[C@H](C=O)N(S(=O)(=O)c2ccccc2)C1. The lowest BCUT2D eigenvalue weighted by molar-refractivity contribution is -0.110. The first kappa shape index (κ1) is 23.1. The first-order valence-corrected chi connectivity index (χ1v) is 12.6. The summed E-state index contributed by atoms with van der Waals surface area (Å²) in [6.07, 6.45) is 15.5. The summed E-state index contributed by atoms with van der Waals surface area (Å²) in [7, 11) is -3.58. The maximum Gasteiger partial charge on any atom is 0.243 e. The van der Waals surface area contributed by atoms with Crippen LogP contribution < -0.4 is 0 Å². The minimum atomic E-state index is -3.58. The number of hydrogen-bond donors (Lipinski definition) is 0. The minimum absolute atomic E-state index is 0.279. The molecule has 0 N–H and O–H groups in total. The number of hydrogen-bond acceptors (Lipinski definition) is 3. The Morgan fingerprint density at radius 2 is 1.50 bits per heavy atom. The second-order valence-electron chi connectivity index (χ2n) is 8.16. The predicted molar refractivity (Wildman–Crippen MR) is 115 cm³/mol. The third-order valence-corrected chi connectivity index (χ3v) is 7.76. The third kappa shape index (κ3) is 7.00. The molecule has 0 aromatic heterocycles. The molecule has 1 saturated heterocycles. The smallest absolute Gasteiger partial charge is 0.243 e. The third-order valence-electron chi connectivity index (χ3n) is 5.86.